The zero-order valence-corrected chi connectivity index (χ0v) is 26.4. The van der Waals surface area contributed by atoms with Crippen molar-refractivity contribution in [3.8, 4) is 11.3 Å². The van der Waals surface area contributed by atoms with Gasteiger partial charge in [-0.15, -0.1) is 11.3 Å². The van der Waals surface area contributed by atoms with Gasteiger partial charge in [-0.3, -0.25) is 19.3 Å². The Bertz CT molecular complexity index is 1600. The van der Waals surface area contributed by atoms with Gasteiger partial charge >= 0.3 is 0 Å². The lowest BCUT2D eigenvalue weighted by atomic mass is 9.80. The summed E-state index contributed by atoms with van der Waals surface area (Å²) >= 11 is 1.63. The highest BCUT2D eigenvalue weighted by Crippen LogP contribution is 2.30. The van der Waals surface area contributed by atoms with Crippen LogP contribution >= 0.6 is 11.3 Å². The first-order valence-corrected chi connectivity index (χ1v) is 16.7. The van der Waals surface area contributed by atoms with Crippen LogP contribution in [0.5, 0.6) is 0 Å². The number of oxazole rings is 1. The van der Waals surface area contributed by atoms with Crippen LogP contribution in [0.4, 0.5) is 0 Å². The molecule has 1 unspecified atom stereocenters. The number of hydrogen-bond acceptors (Lipinski definition) is 9. The van der Waals surface area contributed by atoms with Crippen LogP contribution < -0.4 is 10.6 Å². The van der Waals surface area contributed by atoms with Crippen LogP contribution in [0.1, 0.15) is 77.9 Å². The quantitative estimate of drug-likeness (QED) is 0.212. The Morgan fingerprint density at radius 2 is 1.76 bits per heavy atom. The number of morpholine rings is 1. The molecule has 0 spiro atoms. The molecule has 1 aliphatic carbocycles. The average molecular weight is 630 g/mol. The first kappa shape index (κ1) is 31.1. The highest BCUT2D eigenvalue weighted by Gasteiger charge is 2.42. The second kappa shape index (κ2) is 14.0. The van der Waals surface area contributed by atoms with E-state index in [0.29, 0.717) is 42.3 Å². The largest absolute Gasteiger partial charge is 0.434 e. The van der Waals surface area contributed by atoms with Crippen molar-refractivity contribution < 1.29 is 23.5 Å². The summed E-state index contributed by atoms with van der Waals surface area (Å²) in [7, 11) is 0. The minimum absolute atomic E-state index is 0.0231. The maximum Gasteiger partial charge on any atom is 0.266 e. The van der Waals surface area contributed by atoms with Gasteiger partial charge in [0.25, 0.3) is 11.8 Å². The van der Waals surface area contributed by atoms with Crippen molar-refractivity contribution in [3.63, 3.8) is 0 Å². The van der Waals surface area contributed by atoms with Crippen molar-refractivity contribution in [2.24, 2.45) is 0 Å². The van der Waals surface area contributed by atoms with Gasteiger partial charge in [0.1, 0.15) is 16.1 Å². The zero-order valence-electron chi connectivity index (χ0n) is 25.5. The number of aromatic nitrogens is 2. The third-order valence-electron chi connectivity index (χ3n) is 8.66. The van der Waals surface area contributed by atoms with E-state index in [9.17, 15) is 14.4 Å². The molecule has 2 aromatic heterocycles. The molecule has 4 aromatic rings. The first-order chi connectivity index (χ1) is 21.9. The summed E-state index contributed by atoms with van der Waals surface area (Å²) in [6.07, 6.45) is 4.71. The molecule has 1 saturated carbocycles. The number of carbonyl (C=O) groups is 3. The van der Waals surface area contributed by atoms with Gasteiger partial charge in [-0.2, -0.15) is 0 Å². The third kappa shape index (κ3) is 7.16. The van der Waals surface area contributed by atoms with E-state index >= 15 is 0 Å². The van der Waals surface area contributed by atoms with Gasteiger partial charge in [0, 0.05) is 29.6 Å². The normalized spacial score (nSPS) is 17.5. The van der Waals surface area contributed by atoms with Crippen molar-refractivity contribution in [3.05, 3.63) is 70.4 Å². The highest BCUT2D eigenvalue weighted by atomic mass is 32.1. The summed E-state index contributed by atoms with van der Waals surface area (Å²) in [5.41, 5.74) is 2.28. The number of nitrogens with one attached hydrogen (secondary N) is 2. The second-order valence-electron chi connectivity index (χ2n) is 11.9. The Hall–Kier alpha value is -3.93. The lowest BCUT2D eigenvalue weighted by molar-refractivity contribution is -0.129. The summed E-state index contributed by atoms with van der Waals surface area (Å²) in [4.78, 5) is 52.4. The third-order valence-corrected chi connectivity index (χ3v) is 9.49. The van der Waals surface area contributed by atoms with E-state index in [-0.39, 0.29) is 23.5 Å². The van der Waals surface area contributed by atoms with Gasteiger partial charge in [0.2, 0.25) is 11.7 Å². The molecule has 1 saturated heterocycles. The predicted molar refractivity (Wildman–Crippen MR) is 172 cm³/mol. The number of ether oxygens (including phenoxy) is 1. The number of ketones is 1. The number of benzene rings is 2. The molecule has 1 aliphatic heterocycles. The fraction of sp³-hybridized carbons (Fsp3) is 0.441. The van der Waals surface area contributed by atoms with E-state index in [1.165, 1.54) is 0 Å². The van der Waals surface area contributed by atoms with E-state index in [1.807, 2.05) is 36.6 Å². The molecule has 2 aliphatic rings. The van der Waals surface area contributed by atoms with E-state index in [2.05, 4.69) is 20.5 Å². The van der Waals surface area contributed by atoms with Crippen molar-refractivity contribution in [2.75, 3.05) is 26.3 Å². The van der Waals surface area contributed by atoms with Gasteiger partial charge < -0.3 is 19.8 Å². The molecule has 2 N–H and O–H groups in total. The van der Waals surface area contributed by atoms with E-state index < -0.39 is 11.6 Å². The number of thiazole rings is 1. The van der Waals surface area contributed by atoms with Crippen LogP contribution in [0.3, 0.4) is 0 Å². The van der Waals surface area contributed by atoms with Gasteiger partial charge in [-0.1, -0.05) is 56.9 Å². The minimum atomic E-state index is -1.11. The molecule has 0 radical (unpaired) electrons. The number of nitrogens with zero attached hydrogens (tertiary/aromatic N) is 3. The summed E-state index contributed by atoms with van der Waals surface area (Å²) in [5, 5.41) is 9.14. The fourth-order valence-electron chi connectivity index (χ4n) is 6.09. The minimum Gasteiger partial charge on any atom is -0.434 e. The number of hydrogen-bond donors (Lipinski definition) is 2. The van der Waals surface area contributed by atoms with Crippen LogP contribution in [0.25, 0.3) is 22.4 Å². The molecule has 236 valence electrons. The summed E-state index contributed by atoms with van der Waals surface area (Å²) in [6, 6.07) is 13.7. The smallest absolute Gasteiger partial charge is 0.266 e. The molecule has 3 heterocycles. The Balaban J connectivity index is 1.14. The van der Waals surface area contributed by atoms with Crippen LogP contribution in [0, 0.1) is 0 Å². The molecular formula is C34H39N5O5S. The molecule has 1 atom stereocenters. The van der Waals surface area contributed by atoms with E-state index in [1.54, 1.807) is 35.6 Å². The van der Waals surface area contributed by atoms with Gasteiger partial charge in [-0.25, -0.2) is 9.97 Å². The first-order valence-electron chi connectivity index (χ1n) is 15.8. The fourth-order valence-corrected chi connectivity index (χ4v) is 6.94. The van der Waals surface area contributed by atoms with Crippen LogP contribution in [-0.4, -0.2) is 70.3 Å². The Kier molecular flexibility index (Phi) is 9.67. The summed E-state index contributed by atoms with van der Waals surface area (Å²) in [6.45, 7) is 6.08. The second-order valence-corrected chi connectivity index (χ2v) is 12.8. The van der Waals surface area contributed by atoms with E-state index in [4.69, 9.17) is 14.1 Å². The van der Waals surface area contributed by atoms with Gasteiger partial charge in [0.15, 0.2) is 5.58 Å². The molecule has 2 fully saturated rings. The number of Topliss-reactive ketones (excluding diaryl/α,β-unsaturated/α-hetero) is 1. The molecule has 0 bridgehead atoms. The molecule has 2 aromatic carbocycles. The van der Waals surface area contributed by atoms with Crippen LogP contribution in [0.15, 0.2) is 58.3 Å². The lowest BCUT2D eigenvalue weighted by Crippen LogP contribution is -2.62. The predicted octanol–water partition coefficient (Wildman–Crippen LogP) is 5.38. The highest BCUT2D eigenvalue weighted by molar-refractivity contribution is 7.09. The lowest BCUT2D eigenvalue weighted by Gasteiger charge is -2.37. The molecular weight excluding hydrogens is 590 g/mol. The topological polar surface area (TPSA) is 127 Å². The zero-order chi connectivity index (χ0) is 31.2. The molecule has 6 rings (SSSR count). The number of para-hydroxylation sites is 2. The summed E-state index contributed by atoms with van der Waals surface area (Å²) < 4.78 is 11.2. The average Bonchev–Trinajstić information content (AvgIpc) is 3.73. The Labute approximate surface area is 266 Å². The Morgan fingerprint density at radius 3 is 2.49 bits per heavy atom. The van der Waals surface area contributed by atoms with Crippen molar-refractivity contribution in [1.82, 2.24) is 25.5 Å². The van der Waals surface area contributed by atoms with Crippen LogP contribution in [-0.2, 0) is 16.1 Å². The number of carbonyl (C=O) groups excluding carboxylic acids is 3. The molecule has 45 heavy (non-hydrogen) atoms. The molecule has 10 nitrogen and oxygen atoms in total. The number of rotatable bonds is 11. The van der Waals surface area contributed by atoms with Crippen LogP contribution in [0.2, 0.25) is 0 Å². The van der Waals surface area contributed by atoms with Crippen molar-refractivity contribution in [1.29, 1.82) is 0 Å². The van der Waals surface area contributed by atoms with Crippen molar-refractivity contribution in [2.45, 2.75) is 70.0 Å². The standard InChI is InChI=1S/C34H39N5O5S/c1-2-8-26(30(40)32-36-25-9-4-5-10-28(25)44-32)37-33(42)34(15-6-3-7-16-34)38-31(41)24-13-11-23(12-14-24)27-22-45-29(35-27)21-39-17-19-43-20-18-39/h4-5,9-14,22,26H,2-3,6-8,15-21H2,1H3,(H,37,42)(H,38,41). The molecule has 2 amide bonds. The summed E-state index contributed by atoms with van der Waals surface area (Å²) in [5.74, 6) is -1.05. The van der Waals surface area contributed by atoms with Gasteiger partial charge in [0.05, 0.1) is 31.5 Å². The SMILES string of the molecule is CCCC(NC(=O)C1(NC(=O)c2ccc(-c3csc(CN4CCOCC4)n3)cc2)CCCCC1)C(=O)c1nc2ccccc2o1. The molecule has 11 heteroatoms. The van der Waals surface area contributed by atoms with E-state index in [0.717, 1.165) is 68.4 Å². The monoisotopic (exact) mass is 629 g/mol. The maximum atomic E-state index is 13.9. The maximum absolute atomic E-state index is 13.9. The van der Waals surface area contributed by atoms with Gasteiger partial charge in [-0.05, 0) is 43.5 Å². The Morgan fingerprint density at radius 1 is 1.00 bits per heavy atom. The number of amides is 2. The van der Waals surface area contributed by atoms with Crippen molar-refractivity contribution >= 4 is 40.0 Å². The number of fused-ring (bicyclic) bond motifs is 1.